The van der Waals surface area contributed by atoms with Crippen molar-refractivity contribution in [3.8, 4) is 22.6 Å². The van der Waals surface area contributed by atoms with Crippen LogP contribution >= 0.6 is 0 Å². The van der Waals surface area contributed by atoms with Crippen molar-refractivity contribution < 1.29 is 40.2 Å². The number of hydrogen-bond acceptors (Lipinski definition) is 2. The molecule has 9 heteroatoms. The lowest BCUT2D eigenvalue weighted by Gasteiger charge is -2.20. The second-order valence-electron chi connectivity index (χ2n) is 9.59. The first kappa shape index (κ1) is 27.8. The van der Waals surface area contributed by atoms with Crippen LogP contribution in [0.4, 0.5) is 30.7 Å². The summed E-state index contributed by atoms with van der Waals surface area (Å²) >= 11 is 0. The Morgan fingerprint density at radius 3 is 2.13 bits per heavy atom. The molecule has 1 aliphatic carbocycles. The molecule has 38 heavy (non-hydrogen) atoms. The summed E-state index contributed by atoms with van der Waals surface area (Å²) in [5, 5.41) is 0. The topological polar surface area (TPSA) is 18.5 Å². The fraction of sp³-hybridized carbons (Fsp3) is 0.379. The SMILES string of the molecule is CCCCC1CCC(c2ccc(-c3ccc(C(F)(F)Oc4ccc(OC(F)(F)F)c(F)c4)c(F)c3)cc2)C1. The molecule has 0 spiro atoms. The molecule has 1 saturated carbocycles. The second-order valence-corrected chi connectivity index (χ2v) is 9.59. The summed E-state index contributed by atoms with van der Waals surface area (Å²) in [5.41, 5.74) is 1.16. The molecule has 0 aliphatic heterocycles. The molecule has 0 heterocycles. The van der Waals surface area contributed by atoms with Crippen LogP contribution in [0, 0.1) is 17.6 Å². The fourth-order valence-electron chi connectivity index (χ4n) is 4.97. The van der Waals surface area contributed by atoms with Gasteiger partial charge in [0.05, 0.1) is 5.56 Å². The summed E-state index contributed by atoms with van der Waals surface area (Å²) in [7, 11) is 0. The van der Waals surface area contributed by atoms with E-state index in [0.717, 1.165) is 30.9 Å². The fourth-order valence-corrected chi connectivity index (χ4v) is 4.97. The molecule has 0 saturated heterocycles. The number of unbranched alkanes of at least 4 members (excludes halogenated alkanes) is 1. The van der Waals surface area contributed by atoms with E-state index in [2.05, 4.69) is 16.4 Å². The van der Waals surface area contributed by atoms with Gasteiger partial charge in [-0.05, 0) is 72.1 Å². The van der Waals surface area contributed by atoms with E-state index in [1.165, 1.54) is 37.3 Å². The Morgan fingerprint density at radius 1 is 0.789 bits per heavy atom. The highest BCUT2D eigenvalue weighted by Gasteiger charge is 2.38. The van der Waals surface area contributed by atoms with E-state index in [0.29, 0.717) is 35.2 Å². The standard InChI is InChI=1S/C29H27F7O2/c1-2-3-4-18-5-6-21(15-18)19-7-9-20(10-8-19)22-11-13-24(25(30)16-22)28(32,33)37-23-12-14-27(26(31)17-23)38-29(34,35)36/h7-14,16-18,21H,2-6,15H2,1H3. The molecule has 4 rings (SSSR count). The van der Waals surface area contributed by atoms with Crippen molar-refractivity contribution in [2.75, 3.05) is 0 Å². The Hall–Kier alpha value is -3.23. The van der Waals surface area contributed by atoms with Crippen LogP contribution in [0.5, 0.6) is 11.5 Å². The van der Waals surface area contributed by atoms with E-state index >= 15 is 0 Å². The van der Waals surface area contributed by atoms with Crippen LogP contribution in [-0.2, 0) is 6.11 Å². The molecule has 0 N–H and O–H groups in total. The van der Waals surface area contributed by atoms with Gasteiger partial charge in [-0.25, -0.2) is 8.78 Å². The summed E-state index contributed by atoms with van der Waals surface area (Å²) < 4.78 is 103. The number of rotatable bonds is 9. The van der Waals surface area contributed by atoms with Gasteiger partial charge in [-0.3, -0.25) is 0 Å². The number of halogens is 7. The highest BCUT2D eigenvalue weighted by molar-refractivity contribution is 5.64. The van der Waals surface area contributed by atoms with Crippen LogP contribution in [-0.4, -0.2) is 6.36 Å². The third-order valence-corrected chi connectivity index (χ3v) is 6.88. The summed E-state index contributed by atoms with van der Waals surface area (Å²) in [6.07, 6.45) is -2.20. The van der Waals surface area contributed by atoms with Gasteiger partial charge in [0.15, 0.2) is 11.6 Å². The number of benzene rings is 3. The average molecular weight is 541 g/mol. The minimum absolute atomic E-state index is 0.305. The van der Waals surface area contributed by atoms with E-state index in [1.807, 2.05) is 24.3 Å². The lowest BCUT2D eigenvalue weighted by Crippen LogP contribution is -2.23. The van der Waals surface area contributed by atoms with Crippen molar-refractivity contribution in [3.63, 3.8) is 0 Å². The maximum atomic E-state index is 14.8. The zero-order valence-corrected chi connectivity index (χ0v) is 20.6. The molecule has 2 atom stereocenters. The first-order chi connectivity index (χ1) is 17.9. The van der Waals surface area contributed by atoms with E-state index in [1.54, 1.807) is 0 Å². The second kappa shape index (κ2) is 11.3. The highest BCUT2D eigenvalue weighted by Crippen LogP contribution is 2.41. The zero-order chi connectivity index (χ0) is 27.5. The van der Waals surface area contributed by atoms with E-state index in [9.17, 15) is 30.7 Å². The summed E-state index contributed by atoms with van der Waals surface area (Å²) in [5.74, 6) is -3.59. The number of alkyl halides is 5. The predicted molar refractivity (Wildman–Crippen MR) is 129 cm³/mol. The summed E-state index contributed by atoms with van der Waals surface area (Å²) in [6, 6.07) is 12.3. The number of ether oxygens (including phenoxy) is 2. The third kappa shape index (κ3) is 6.79. The molecule has 3 aromatic rings. The van der Waals surface area contributed by atoms with Gasteiger partial charge in [0, 0.05) is 6.07 Å². The van der Waals surface area contributed by atoms with Crippen molar-refractivity contribution in [1.82, 2.24) is 0 Å². The Morgan fingerprint density at radius 2 is 1.50 bits per heavy atom. The van der Waals surface area contributed by atoms with Crippen LogP contribution in [0.1, 0.15) is 62.5 Å². The van der Waals surface area contributed by atoms with E-state index in [4.69, 9.17) is 0 Å². The number of hydrogen-bond donors (Lipinski definition) is 0. The van der Waals surface area contributed by atoms with Gasteiger partial charge in [0.1, 0.15) is 11.6 Å². The van der Waals surface area contributed by atoms with Gasteiger partial charge < -0.3 is 9.47 Å². The largest absolute Gasteiger partial charge is 0.573 e. The first-order valence-electron chi connectivity index (χ1n) is 12.5. The highest BCUT2D eigenvalue weighted by atomic mass is 19.4. The van der Waals surface area contributed by atoms with Crippen LogP contribution in [0.15, 0.2) is 60.7 Å². The molecule has 2 nitrogen and oxygen atoms in total. The average Bonchev–Trinajstić information content (AvgIpc) is 3.32. The van der Waals surface area contributed by atoms with E-state index in [-0.39, 0.29) is 0 Å². The zero-order valence-electron chi connectivity index (χ0n) is 20.6. The van der Waals surface area contributed by atoms with Crippen molar-refractivity contribution in [2.24, 2.45) is 5.92 Å². The Labute approximate surface area is 216 Å². The van der Waals surface area contributed by atoms with Gasteiger partial charge in [0.2, 0.25) is 0 Å². The monoisotopic (exact) mass is 540 g/mol. The Kier molecular flexibility index (Phi) is 8.23. The molecule has 1 aliphatic rings. The van der Waals surface area contributed by atoms with Crippen molar-refractivity contribution in [1.29, 1.82) is 0 Å². The molecule has 204 valence electrons. The van der Waals surface area contributed by atoms with Crippen molar-refractivity contribution in [3.05, 3.63) is 83.4 Å². The Bertz CT molecular complexity index is 1240. The minimum Gasteiger partial charge on any atom is -0.429 e. The van der Waals surface area contributed by atoms with Crippen LogP contribution < -0.4 is 9.47 Å². The minimum atomic E-state index is -5.16. The molecule has 2 unspecified atom stereocenters. The molecule has 0 bridgehead atoms. The quantitative estimate of drug-likeness (QED) is 0.252. The van der Waals surface area contributed by atoms with Crippen LogP contribution in [0.3, 0.4) is 0 Å². The Balaban J connectivity index is 1.45. The lowest BCUT2D eigenvalue weighted by atomic mass is 9.93. The van der Waals surface area contributed by atoms with Gasteiger partial charge in [-0.2, -0.15) is 8.78 Å². The van der Waals surface area contributed by atoms with Crippen LogP contribution in [0.2, 0.25) is 0 Å². The maximum Gasteiger partial charge on any atom is 0.573 e. The van der Waals surface area contributed by atoms with Crippen molar-refractivity contribution in [2.45, 2.75) is 63.8 Å². The van der Waals surface area contributed by atoms with E-state index < -0.39 is 41.2 Å². The van der Waals surface area contributed by atoms with Gasteiger partial charge in [-0.15, -0.1) is 13.2 Å². The molecule has 3 aromatic carbocycles. The van der Waals surface area contributed by atoms with Gasteiger partial charge in [0.25, 0.3) is 0 Å². The van der Waals surface area contributed by atoms with Crippen LogP contribution in [0.25, 0.3) is 11.1 Å². The molecule has 0 radical (unpaired) electrons. The molecule has 1 fully saturated rings. The maximum absolute atomic E-state index is 14.8. The van der Waals surface area contributed by atoms with Gasteiger partial charge >= 0.3 is 12.5 Å². The first-order valence-corrected chi connectivity index (χ1v) is 12.5. The summed E-state index contributed by atoms with van der Waals surface area (Å²) in [6.45, 7) is 2.19. The smallest absolute Gasteiger partial charge is 0.429 e. The van der Waals surface area contributed by atoms with Gasteiger partial charge in [-0.1, -0.05) is 56.5 Å². The third-order valence-electron chi connectivity index (χ3n) is 6.88. The summed E-state index contributed by atoms with van der Waals surface area (Å²) in [4.78, 5) is 0. The normalized spacial score (nSPS) is 18.0. The molecule has 0 amide bonds. The predicted octanol–water partition coefficient (Wildman–Crippen LogP) is 9.73. The molecular weight excluding hydrogens is 513 g/mol. The van der Waals surface area contributed by atoms with Crippen molar-refractivity contribution >= 4 is 0 Å². The molecular formula is C29H27F7O2. The molecule has 0 aromatic heterocycles. The lowest BCUT2D eigenvalue weighted by molar-refractivity contribution is -0.275.